The van der Waals surface area contributed by atoms with E-state index in [0.29, 0.717) is 28.3 Å². The predicted octanol–water partition coefficient (Wildman–Crippen LogP) is 8.50. The van der Waals surface area contributed by atoms with Crippen molar-refractivity contribution in [2.24, 2.45) is 5.10 Å². The zero-order chi connectivity index (χ0) is 27.4. The molecule has 208 valence electrons. The minimum atomic E-state index is -0.512. The molecule has 6 nitrogen and oxygen atoms in total. The van der Waals surface area contributed by atoms with Crippen LogP contribution in [-0.4, -0.2) is 25.2 Å². The van der Waals surface area contributed by atoms with E-state index in [9.17, 15) is 9.59 Å². The molecule has 0 saturated heterocycles. The Kier molecular flexibility index (Phi) is 15.9. The van der Waals surface area contributed by atoms with Gasteiger partial charge in [-0.2, -0.15) is 5.10 Å². The van der Waals surface area contributed by atoms with Gasteiger partial charge in [-0.1, -0.05) is 95.6 Å². The monoisotopic (exact) mass is 542 g/mol. The third kappa shape index (κ3) is 13.1. The summed E-state index contributed by atoms with van der Waals surface area (Å²) in [6.45, 7) is 2.26. The van der Waals surface area contributed by atoms with E-state index in [0.717, 1.165) is 12.8 Å². The van der Waals surface area contributed by atoms with Crippen molar-refractivity contribution in [3.05, 3.63) is 58.6 Å². The van der Waals surface area contributed by atoms with Crippen LogP contribution >= 0.6 is 11.6 Å². The van der Waals surface area contributed by atoms with Crippen molar-refractivity contribution in [1.29, 1.82) is 0 Å². The average Bonchev–Trinajstić information content (AvgIpc) is 2.92. The highest BCUT2D eigenvalue weighted by Crippen LogP contribution is 2.28. The fraction of sp³-hybridized carbons (Fsp3) is 0.516. The molecule has 2 rings (SSSR count). The lowest BCUT2D eigenvalue weighted by Gasteiger charge is -2.10. The number of methoxy groups -OCH3 is 1. The van der Waals surface area contributed by atoms with Crippen molar-refractivity contribution in [2.45, 2.75) is 96.8 Å². The number of nitrogens with zero attached hydrogens (tertiary/aromatic N) is 1. The first-order valence-corrected chi connectivity index (χ1v) is 14.4. The van der Waals surface area contributed by atoms with Crippen molar-refractivity contribution in [1.82, 2.24) is 5.43 Å². The van der Waals surface area contributed by atoms with E-state index in [1.807, 2.05) is 0 Å². The third-order valence-electron chi connectivity index (χ3n) is 6.38. The van der Waals surface area contributed by atoms with Crippen molar-refractivity contribution in [3.63, 3.8) is 0 Å². The molecule has 0 heterocycles. The number of halogens is 1. The summed E-state index contributed by atoms with van der Waals surface area (Å²) < 4.78 is 10.8. The van der Waals surface area contributed by atoms with Crippen LogP contribution in [0.25, 0.3) is 0 Å². The Labute approximate surface area is 233 Å². The Morgan fingerprint density at radius 2 is 1.39 bits per heavy atom. The van der Waals surface area contributed by atoms with Gasteiger partial charge in [-0.15, -0.1) is 0 Å². The van der Waals surface area contributed by atoms with Gasteiger partial charge in [0.05, 0.1) is 18.9 Å². The maximum Gasteiger partial charge on any atom is 0.343 e. The molecule has 7 heteroatoms. The Balaban J connectivity index is 1.60. The highest BCUT2D eigenvalue weighted by atomic mass is 35.5. The number of rotatable bonds is 19. The molecular formula is C31H43ClN2O4. The smallest absolute Gasteiger partial charge is 0.343 e. The van der Waals surface area contributed by atoms with Gasteiger partial charge < -0.3 is 9.47 Å². The van der Waals surface area contributed by atoms with Crippen LogP contribution in [-0.2, 0) is 4.79 Å². The predicted molar refractivity (Wildman–Crippen MR) is 155 cm³/mol. The standard InChI is InChI=1S/C31H43ClN2O4/c1-3-4-5-6-7-8-9-10-11-12-13-14-15-16-30(35)34-33-24-25-17-22-28(29(23-25)37-2)38-31(36)26-18-20-27(32)21-19-26/h17-24H,3-16H2,1-2H3,(H,34,35)/b33-24+. The molecule has 0 radical (unpaired) electrons. The van der Waals surface area contributed by atoms with E-state index in [1.54, 1.807) is 42.5 Å². The number of carbonyl (C=O) groups excluding carboxylic acids is 2. The fourth-order valence-corrected chi connectivity index (χ4v) is 4.26. The summed E-state index contributed by atoms with van der Waals surface area (Å²) in [7, 11) is 1.49. The van der Waals surface area contributed by atoms with E-state index in [-0.39, 0.29) is 11.7 Å². The van der Waals surface area contributed by atoms with Crippen LogP contribution in [0.2, 0.25) is 5.02 Å². The quantitative estimate of drug-likeness (QED) is 0.0634. The molecule has 2 aromatic carbocycles. The lowest BCUT2D eigenvalue weighted by Crippen LogP contribution is -2.16. The summed E-state index contributed by atoms with van der Waals surface area (Å²) in [5.74, 6) is 0.0669. The van der Waals surface area contributed by atoms with Gasteiger partial charge in [-0.05, 0) is 54.4 Å². The van der Waals surface area contributed by atoms with Crippen LogP contribution in [0.4, 0.5) is 0 Å². The molecule has 1 amide bonds. The van der Waals surface area contributed by atoms with Gasteiger partial charge in [0.2, 0.25) is 5.91 Å². The van der Waals surface area contributed by atoms with Crippen LogP contribution in [0.15, 0.2) is 47.6 Å². The Morgan fingerprint density at radius 3 is 1.97 bits per heavy atom. The molecule has 38 heavy (non-hydrogen) atoms. The highest BCUT2D eigenvalue weighted by Gasteiger charge is 2.13. The number of amides is 1. The van der Waals surface area contributed by atoms with Gasteiger partial charge in [0, 0.05) is 11.4 Å². The molecular weight excluding hydrogens is 500 g/mol. The first kappa shape index (κ1) is 31.4. The summed E-state index contributed by atoms with van der Waals surface area (Å²) in [5.41, 5.74) is 3.66. The normalized spacial score (nSPS) is 11.0. The second-order valence-corrected chi connectivity index (χ2v) is 10.0. The maximum atomic E-state index is 12.4. The lowest BCUT2D eigenvalue weighted by atomic mass is 10.0. The summed E-state index contributed by atoms with van der Waals surface area (Å²) in [5, 5.41) is 4.58. The van der Waals surface area contributed by atoms with Gasteiger partial charge in [0.15, 0.2) is 11.5 Å². The van der Waals surface area contributed by atoms with E-state index in [4.69, 9.17) is 21.1 Å². The second-order valence-electron chi connectivity index (χ2n) is 9.59. The van der Waals surface area contributed by atoms with Crippen molar-refractivity contribution in [3.8, 4) is 11.5 Å². The number of hydrazone groups is 1. The van der Waals surface area contributed by atoms with Crippen LogP contribution in [0.3, 0.4) is 0 Å². The van der Waals surface area contributed by atoms with Gasteiger partial charge in [-0.25, -0.2) is 10.2 Å². The van der Waals surface area contributed by atoms with E-state index in [2.05, 4.69) is 17.5 Å². The number of carbonyl (C=O) groups is 2. The number of unbranched alkanes of at least 4 members (excludes halogenated alkanes) is 12. The minimum Gasteiger partial charge on any atom is -0.493 e. The van der Waals surface area contributed by atoms with E-state index < -0.39 is 5.97 Å². The summed E-state index contributed by atoms with van der Waals surface area (Å²) in [6, 6.07) is 11.5. The molecule has 0 aliphatic rings. The first-order chi connectivity index (χ1) is 18.5. The molecule has 0 unspecified atom stereocenters. The first-order valence-electron chi connectivity index (χ1n) is 14.0. The van der Waals surface area contributed by atoms with Crippen molar-refractivity contribution >= 4 is 29.7 Å². The molecule has 0 bridgehead atoms. The summed E-state index contributed by atoms with van der Waals surface area (Å²) in [4.78, 5) is 24.4. The van der Waals surface area contributed by atoms with Crippen LogP contribution in [0.5, 0.6) is 11.5 Å². The Hall–Kier alpha value is -2.86. The van der Waals surface area contributed by atoms with Gasteiger partial charge in [0.25, 0.3) is 0 Å². The number of hydrogen-bond donors (Lipinski definition) is 1. The third-order valence-corrected chi connectivity index (χ3v) is 6.63. The fourth-order valence-electron chi connectivity index (χ4n) is 4.13. The van der Waals surface area contributed by atoms with Crippen molar-refractivity contribution in [2.75, 3.05) is 7.11 Å². The average molecular weight is 543 g/mol. The number of ether oxygens (including phenoxy) is 2. The van der Waals surface area contributed by atoms with Crippen LogP contribution < -0.4 is 14.9 Å². The molecule has 0 saturated carbocycles. The Morgan fingerprint density at radius 1 is 0.816 bits per heavy atom. The topological polar surface area (TPSA) is 77.0 Å². The van der Waals surface area contributed by atoms with Crippen LogP contribution in [0, 0.1) is 0 Å². The SMILES string of the molecule is CCCCCCCCCCCCCCCC(=O)N/N=C/c1ccc(OC(=O)c2ccc(Cl)cc2)c(OC)c1. The van der Waals surface area contributed by atoms with Gasteiger partial charge in [-0.3, -0.25) is 4.79 Å². The molecule has 0 fully saturated rings. The Bertz CT molecular complexity index is 992. The molecule has 0 spiro atoms. The zero-order valence-electron chi connectivity index (χ0n) is 23.0. The van der Waals surface area contributed by atoms with E-state index in [1.165, 1.54) is 84.0 Å². The van der Waals surface area contributed by atoms with Crippen molar-refractivity contribution < 1.29 is 19.1 Å². The maximum absolute atomic E-state index is 12.4. The zero-order valence-corrected chi connectivity index (χ0v) is 23.7. The largest absolute Gasteiger partial charge is 0.493 e. The molecule has 0 aliphatic carbocycles. The molecule has 1 N–H and O–H groups in total. The molecule has 0 aliphatic heterocycles. The number of hydrogen-bond acceptors (Lipinski definition) is 5. The minimum absolute atomic E-state index is 0.0928. The summed E-state index contributed by atoms with van der Waals surface area (Å²) >= 11 is 5.87. The molecule has 0 aromatic heterocycles. The molecule has 0 atom stereocenters. The van der Waals surface area contributed by atoms with Gasteiger partial charge in [0.1, 0.15) is 0 Å². The molecule has 2 aromatic rings. The second kappa shape index (κ2) is 19.2. The highest BCUT2D eigenvalue weighted by molar-refractivity contribution is 6.30. The van der Waals surface area contributed by atoms with Gasteiger partial charge >= 0.3 is 5.97 Å². The summed E-state index contributed by atoms with van der Waals surface area (Å²) in [6.07, 6.45) is 18.6. The lowest BCUT2D eigenvalue weighted by molar-refractivity contribution is -0.121. The number of nitrogens with one attached hydrogen (secondary N) is 1. The van der Waals surface area contributed by atoms with Crippen LogP contribution in [0.1, 0.15) is 113 Å². The number of benzene rings is 2. The van der Waals surface area contributed by atoms with E-state index >= 15 is 0 Å². The number of esters is 1.